The summed E-state index contributed by atoms with van der Waals surface area (Å²) >= 11 is 6.00. The summed E-state index contributed by atoms with van der Waals surface area (Å²) in [7, 11) is -3.60. The van der Waals surface area contributed by atoms with Gasteiger partial charge in [-0.15, -0.1) is 0 Å². The maximum atomic E-state index is 12.2. The zero-order valence-electron chi connectivity index (χ0n) is 11.3. The molecule has 19 heavy (non-hydrogen) atoms. The molecule has 6 heteroatoms. The Morgan fingerprint density at radius 1 is 1.47 bits per heavy atom. The number of anilines is 1. The Labute approximate surface area is 119 Å². The SMILES string of the molecule is Cc1cc(Cl)c(S(=O)(=O)NCC2CC2(C)C)cc1N. The number of hydrogen-bond donors (Lipinski definition) is 2. The first-order valence-electron chi connectivity index (χ1n) is 6.19. The molecule has 106 valence electrons. The zero-order chi connectivity index (χ0) is 14.4. The van der Waals surface area contributed by atoms with Gasteiger partial charge in [0.05, 0.1) is 5.02 Å². The second kappa shape index (κ2) is 4.65. The quantitative estimate of drug-likeness (QED) is 0.840. The number of hydrogen-bond acceptors (Lipinski definition) is 3. The van der Waals surface area contributed by atoms with Crippen LogP contribution in [0.2, 0.25) is 5.02 Å². The molecule has 2 rings (SSSR count). The highest BCUT2D eigenvalue weighted by Crippen LogP contribution is 2.51. The smallest absolute Gasteiger partial charge is 0.242 e. The summed E-state index contributed by atoms with van der Waals surface area (Å²) in [6.07, 6.45) is 1.04. The monoisotopic (exact) mass is 302 g/mol. The number of aryl methyl sites for hydroxylation is 1. The topological polar surface area (TPSA) is 72.2 Å². The van der Waals surface area contributed by atoms with Gasteiger partial charge in [-0.25, -0.2) is 13.1 Å². The molecule has 1 aromatic carbocycles. The fourth-order valence-corrected chi connectivity index (χ4v) is 3.78. The molecule has 0 aromatic heterocycles. The van der Waals surface area contributed by atoms with Crippen molar-refractivity contribution in [3.8, 4) is 0 Å². The summed E-state index contributed by atoms with van der Waals surface area (Å²) in [5, 5.41) is 0.203. The average Bonchev–Trinajstić information content (AvgIpc) is 2.89. The van der Waals surface area contributed by atoms with Gasteiger partial charge in [0.2, 0.25) is 10.0 Å². The first-order chi connectivity index (χ1) is 8.63. The molecular weight excluding hydrogens is 284 g/mol. The summed E-state index contributed by atoms with van der Waals surface area (Å²) in [6.45, 7) is 6.49. The molecule has 1 saturated carbocycles. The lowest BCUT2D eigenvalue weighted by Crippen LogP contribution is -2.27. The summed E-state index contributed by atoms with van der Waals surface area (Å²) < 4.78 is 27.0. The van der Waals surface area contributed by atoms with Crippen molar-refractivity contribution >= 4 is 27.3 Å². The first kappa shape index (κ1) is 14.6. The van der Waals surface area contributed by atoms with Crippen molar-refractivity contribution in [2.75, 3.05) is 12.3 Å². The Bertz CT molecular complexity index is 611. The van der Waals surface area contributed by atoms with E-state index in [0.717, 1.165) is 12.0 Å². The van der Waals surface area contributed by atoms with E-state index in [4.69, 9.17) is 17.3 Å². The minimum Gasteiger partial charge on any atom is -0.398 e. The fourth-order valence-electron chi connectivity index (χ4n) is 2.09. The van der Waals surface area contributed by atoms with Crippen LogP contribution in [0.15, 0.2) is 17.0 Å². The van der Waals surface area contributed by atoms with Gasteiger partial charge in [0.15, 0.2) is 0 Å². The van der Waals surface area contributed by atoms with Gasteiger partial charge >= 0.3 is 0 Å². The molecule has 0 bridgehead atoms. The Kier molecular flexibility index (Phi) is 3.58. The number of sulfonamides is 1. The van der Waals surface area contributed by atoms with E-state index in [0.29, 0.717) is 18.2 Å². The lowest BCUT2D eigenvalue weighted by Gasteiger charge is -2.11. The lowest BCUT2D eigenvalue weighted by atomic mass is 10.1. The summed E-state index contributed by atoms with van der Waals surface area (Å²) in [5.74, 6) is 0.392. The lowest BCUT2D eigenvalue weighted by molar-refractivity contribution is 0.537. The molecule has 1 fully saturated rings. The molecule has 0 spiro atoms. The number of nitrogens with two attached hydrogens (primary N) is 1. The molecule has 0 amide bonds. The van der Waals surface area contributed by atoms with Gasteiger partial charge in [0.1, 0.15) is 4.90 Å². The van der Waals surface area contributed by atoms with Crippen LogP contribution in [-0.2, 0) is 10.0 Å². The van der Waals surface area contributed by atoms with Crippen molar-refractivity contribution < 1.29 is 8.42 Å². The highest BCUT2D eigenvalue weighted by molar-refractivity contribution is 7.89. The van der Waals surface area contributed by atoms with Crippen molar-refractivity contribution in [3.05, 3.63) is 22.7 Å². The molecule has 0 saturated heterocycles. The Morgan fingerprint density at radius 2 is 2.05 bits per heavy atom. The largest absolute Gasteiger partial charge is 0.398 e. The van der Waals surface area contributed by atoms with E-state index in [1.807, 2.05) is 0 Å². The molecule has 0 aliphatic heterocycles. The van der Waals surface area contributed by atoms with Crippen LogP contribution < -0.4 is 10.5 Å². The van der Waals surface area contributed by atoms with Crippen LogP contribution in [0.3, 0.4) is 0 Å². The summed E-state index contributed by atoms with van der Waals surface area (Å²) in [6, 6.07) is 2.99. The molecule has 4 nitrogen and oxygen atoms in total. The molecule has 1 atom stereocenters. The first-order valence-corrected chi connectivity index (χ1v) is 8.05. The van der Waals surface area contributed by atoms with Crippen molar-refractivity contribution in [2.45, 2.75) is 32.1 Å². The third-order valence-electron chi connectivity index (χ3n) is 3.85. The van der Waals surface area contributed by atoms with Gasteiger partial charge in [-0.05, 0) is 42.4 Å². The van der Waals surface area contributed by atoms with Gasteiger partial charge in [0.25, 0.3) is 0 Å². The van der Waals surface area contributed by atoms with Crippen LogP contribution >= 0.6 is 11.6 Å². The third kappa shape index (κ3) is 3.04. The van der Waals surface area contributed by atoms with Gasteiger partial charge < -0.3 is 5.73 Å². The van der Waals surface area contributed by atoms with Crippen LogP contribution in [-0.4, -0.2) is 15.0 Å². The van der Waals surface area contributed by atoms with Crippen LogP contribution in [0, 0.1) is 18.3 Å². The standard InChI is InChI=1S/C13H19ClN2O2S/c1-8-4-10(14)12(5-11(8)15)19(17,18)16-7-9-6-13(9,2)3/h4-5,9,16H,6-7,15H2,1-3H3. The number of nitrogens with one attached hydrogen (secondary N) is 1. The molecule has 0 radical (unpaired) electrons. The van der Waals surface area contributed by atoms with Gasteiger partial charge in [-0.3, -0.25) is 0 Å². The maximum absolute atomic E-state index is 12.2. The molecule has 1 aliphatic carbocycles. The predicted octanol–water partition coefficient (Wildman–Crippen LogP) is 2.56. The summed E-state index contributed by atoms with van der Waals surface area (Å²) in [5.41, 5.74) is 7.18. The minimum absolute atomic E-state index is 0.0516. The number of benzene rings is 1. The maximum Gasteiger partial charge on any atom is 0.242 e. The molecule has 1 aliphatic rings. The average molecular weight is 303 g/mol. The van der Waals surface area contributed by atoms with Gasteiger partial charge in [-0.2, -0.15) is 0 Å². The number of nitrogen functional groups attached to an aromatic ring is 1. The van der Waals surface area contributed by atoms with Crippen LogP contribution in [0.5, 0.6) is 0 Å². The third-order valence-corrected chi connectivity index (χ3v) is 5.74. The Hall–Kier alpha value is -0.780. The molecule has 1 aromatic rings. The molecule has 3 N–H and O–H groups in total. The minimum atomic E-state index is -3.60. The van der Waals surface area contributed by atoms with E-state index in [1.54, 1.807) is 13.0 Å². The van der Waals surface area contributed by atoms with Crippen LogP contribution in [0.4, 0.5) is 5.69 Å². The van der Waals surface area contributed by atoms with E-state index < -0.39 is 10.0 Å². The highest BCUT2D eigenvalue weighted by Gasteiger charge is 2.45. The zero-order valence-corrected chi connectivity index (χ0v) is 12.9. The second-order valence-electron chi connectivity index (χ2n) is 5.88. The van der Waals surface area contributed by atoms with E-state index >= 15 is 0 Å². The van der Waals surface area contributed by atoms with E-state index in [9.17, 15) is 8.42 Å². The molecular formula is C13H19ClN2O2S. The van der Waals surface area contributed by atoms with Gasteiger partial charge in [-0.1, -0.05) is 25.4 Å². The highest BCUT2D eigenvalue weighted by atomic mass is 35.5. The van der Waals surface area contributed by atoms with Crippen molar-refractivity contribution in [2.24, 2.45) is 11.3 Å². The summed E-state index contributed by atoms with van der Waals surface area (Å²) in [4.78, 5) is 0.0516. The van der Waals surface area contributed by atoms with E-state index in [1.165, 1.54) is 6.07 Å². The van der Waals surface area contributed by atoms with Crippen molar-refractivity contribution in [1.29, 1.82) is 0 Å². The number of halogens is 1. The van der Waals surface area contributed by atoms with E-state index in [2.05, 4.69) is 18.6 Å². The van der Waals surface area contributed by atoms with E-state index in [-0.39, 0.29) is 15.3 Å². The fraction of sp³-hybridized carbons (Fsp3) is 0.538. The van der Waals surface area contributed by atoms with Crippen molar-refractivity contribution in [1.82, 2.24) is 4.72 Å². The molecule has 0 heterocycles. The second-order valence-corrected chi connectivity index (χ2v) is 8.02. The predicted molar refractivity (Wildman–Crippen MR) is 77.7 cm³/mol. The molecule has 1 unspecified atom stereocenters. The van der Waals surface area contributed by atoms with Gasteiger partial charge in [0, 0.05) is 12.2 Å². The van der Waals surface area contributed by atoms with Crippen LogP contribution in [0.1, 0.15) is 25.8 Å². The number of rotatable bonds is 4. The Morgan fingerprint density at radius 3 is 2.58 bits per heavy atom. The van der Waals surface area contributed by atoms with Crippen molar-refractivity contribution in [3.63, 3.8) is 0 Å². The van der Waals surface area contributed by atoms with Crippen LogP contribution in [0.25, 0.3) is 0 Å². The Balaban J connectivity index is 2.18. The normalized spacial score (nSPS) is 21.4.